The molecule has 30 heavy (non-hydrogen) atoms. The van der Waals surface area contributed by atoms with E-state index in [4.69, 9.17) is 25.8 Å². The van der Waals surface area contributed by atoms with Gasteiger partial charge in [-0.05, 0) is 24.1 Å². The summed E-state index contributed by atoms with van der Waals surface area (Å²) < 4.78 is 18.9. The Morgan fingerprint density at radius 1 is 1.13 bits per heavy atom. The monoisotopic (exact) mass is 426 g/mol. The van der Waals surface area contributed by atoms with Gasteiger partial charge in [-0.2, -0.15) is 0 Å². The van der Waals surface area contributed by atoms with Crippen molar-refractivity contribution in [3.05, 3.63) is 58.7 Å². The Bertz CT molecular complexity index is 1140. The molecule has 2 aromatic heterocycles. The summed E-state index contributed by atoms with van der Waals surface area (Å²) in [5.41, 5.74) is 2.54. The maximum absolute atomic E-state index is 9.90. The van der Waals surface area contributed by atoms with E-state index in [-0.39, 0.29) is 19.4 Å². The Hall–Kier alpha value is -2.60. The SMILES string of the molecule is OCn1c(O[C@@H]2CO[C@H]3[C@@H]2OC[C@H]3O)cc2nc(C#Cc3ccccc3)c(Cl)cc21. The average molecular weight is 427 g/mol. The van der Waals surface area contributed by atoms with E-state index >= 15 is 0 Å². The Kier molecular flexibility index (Phi) is 5.11. The van der Waals surface area contributed by atoms with E-state index in [0.29, 0.717) is 34.2 Å². The fourth-order valence-electron chi connectivity index (χ4n) is 3.81. The van der Waals surface area contributed by atoms with Crippen LogP contribution in [0.15, 0.2) is 42.5 Å². The number of hydrogen-bond donors (Lipinski definition) is 2. The van der Waals surface area contributed by atoms with Crippen molar-refractivity contribution in [1.82, 2.24) is 9.55 Å². The number of nitrogens with zero attached hydrogens (tertiary/aromatic N) is 2. The van der Waals surface area contributed by atoms with Crippen LogP contribution in [0.25, 0.3) is 11.0 Å². The molecular weight excluding hydrogens is 408 g/mol. The molecule has 154 valence electrons. The van der Waals surface area contributed by atoms with Crippen LogP contribution in [0.3, 0.4) is 0 Å². The molecule has 2 fully saturated rings. The standard InChI is InChI=1S/C22H19ClN2O5/c23-14-8-17-16(24-15(14)7-6-13-4-2-1-3-5-13)9-20(25(17)12-26)30-19-11-29-21-18(27)10-28-22(19)21/h1-5,8-9,18-19,21-22,26-27H,10-12H2/t18-,19-,21-,22-/m1/s1. The third-order valence-electron chi connectivity index (χ3n) is 5.30. The molecule has 1 aromatic carbocycles. The summed E-state index contributed by atoms with van der Waals surface area (Å²) in [4.78, 5) is 4.55. The highest BCUT2D eigenvalue weighted by atomic mass is 35.5. The van der Waals surface area contributed by atoms with E-state index in [1.54, 1.807) is 16.7 Å². The minimum Gasteiger partial charge on any atom is -0.470 e. The van der Waals surface area contributed by atoms with Crippen molar-refractivity contribution >= 4 is 22.6 Å². The van der Waals surface area contributed by atoms with Gasteiger partial charge in [0.1, 0.15) is 30.7 Å². The number of fused-ring (bicyclic) bond motifs is 2. The summed E-state index contributed by atoms with van der Waals surface area (Å²) in [5.74, 6) is 6.47. The van der Waals surface area contributed by atoms with Gasteiger partial charge in [0.2, 0.25) is 0 Å². The predicted molar refractivity (Wildman–Crippen MR) is 109 cm³/mol. The zero-order valence-electron chi connectivity index (χ0n) is 15.9. The van der Waals surface area contributed by atoms with E-state index in [1.807, 2.05) is 30.3 Å². The van der Waals surface area contributed by atoms with Crippen molar-refractivity contribution in [1.29, 1.82) is 0 Å². The highest BCUT2D eigenvalue weighted by molar-refractivity contribution is 6.32. The Balaban J connectivity index is 1.46. The van der Waals surface area contributed by atoms with Crippen LogP contribution in [0.5, 0.6) is 5.88 Å². The summed E-state index contributed by atoms with van der Waals surface area (Å²) in [7, 11) is 0. The van der Waals surface area contributed by atoms with Crippen molar-refractivity contribution in [3.63, 3.8) is 0 Å². The molecule has 8 heteroatoms. The van der Waals surface area contributed by atoms with Crippen LogP contribution in [-0.2, 0) is 16.2 Å². The lowest BCUT2D eigenvalue weighted by Gasteiger charge is -2.18. The number of aliphatic hydroxyl groups excluding tert-OH is 2. The molecule has 0 spiro atoms. The van der Waals surface area contributed by atoms with Gasteiger partial charge < -0.3 is 24.4 Å². The summed E-state index contributed by atoms with van der Waals surface area (Å²) >= 11 is 6.40. The van der Waals surface area contributed by atoms with Crippen LogP contribution in [0.4, 0.5) is 0 Å². The Morgan fingerprint density at radius 2 is 1.93 bits per heavy atom. The van der Waals surface area contributed by atoms with Crippen molar-refractivity contribution in [2.45, 2.75) is 31.1 Å². The fraction of sp³-hybridized carbons (Fsp3) is 0.318. The smallest absolute Gasteiger partial charge is 0.198 e. The van der Waals surface area contributed by atoms with E-state index < -0.39 is 18.3 Å². The van der Waals surface area contributed by atoms with Gasteiger partial charge in [0, 0.05) is 11.6 Å². The molecule has 2 saturated heterocycles. The van der Waals surface area contributed by atoms with E-state index in [2.05, 4.69) is 16.8 Å². The van der Waals surface area contributed by atoms with Crippen molar-refractivity contribution < 1.29 is 24.4 Å². The van der Waals surface area contributed by atoms with E-state index in [1.165, 1.54) is 0 Å². The number of rotatable bonds is 3. The first kappa shape index (κ1) is 19.4. The first-order valence-corrected chi connectivity index (χ1v) is 9.97. The molecule has 5 rings (SSSR count). The molecule has 2 aliphatic rings. The quantitative estimate of drug-likeness (QED) is 0.623. The van der Waals surface area contributed by atoms with Crippen LogP contribution in [0.2, 0.25) is 5.02 Å². The lowest BCUT2D eigenvalue weighted by atomic mass is 10.1. The van der Waals surface area contributed by atoms with Crippen LogP contribution in [0.1, 0.15) is 11.3 Å². The van der Waals surface area contributed by atoms with Gasteiger partial charge in [-0.1, -0.05) is 35.7 Å². The number of pyridine rings is 1. The molecular formula is C22H19ClN2O5. The Labute approximate surface area is 177 Å². The molecule has 0 unspecified atom stereocenters. The zero-order valence-corrected chi connectivity index (χ0v) is 16.6. The molecule has 0 saturated carbocycles. The van der Waals surface area contributed by atoms with Crippen LogP contribution >= 0.6 is 11.6 Å². The van der Waals surface area contributed by atoms with Crippen molar-refractivity contribution in [2.24, 2.45) is 0 Å². The summed E-state index contributed by atoms with van der Waals surface area (Å²) in [6, 6.07) is 13.0. The molecule has 2 aliphatic heterocycles. The average Bonchev–Trinajstić information content (AvgIpc) is 3.42. The van der Waals surface area contributed by atoms with Crippen molar-refractivity contribution in [2.75, 3.05) is 13.2 Å². The number of ether oxygens (including phenoxy) is 3. The third kappa shape index (κ3) is 3.43. The summed E-state index contributed by atoms with van der Waals surface area (Å²) in [5, 5.41) is 20.2. The molecule has 0 amide bonds. The van der Waals surface area contributed by atoms with Gasteiger partial charge in [0.15, 0.2) is 12.0 Å². The largest absolute Gasteiger partial charge is 0.470 e. The normalized spacial score (nSPS) is 25.2. The molecule has 2 N–H and O–H groups in total. The molecule has 4 atom stereocenters. The number of aromatic nitrogens is 2. The number of halogens is 1. The molecule has 3 aromatic rings. The van der Waals surface area contributed by atoms with Crippen molar-refractivity contribution in [3.8, 4) is 17.7 Å². The first-order chi connectivity index (χ1) is 14.6. The first-order valence-electron chi connectivity index (χ1n) is 9.59. The number of hydrogen-bond acceptors (Lipinski definition) is 6. The molecule has 0 bridgehead atoms. The highest BCUT2D eigenvalue weighted by Crippen LogP contribution is 2.33. The summed E-state index contributed by atoms with van der Waals surface area (Å²) in [6.45, 7) is 0.206. The van der Waals surface area contributed by atoms with E-state index in [0.717, 1.165) is 5.56 Å². The maximum atomic E-state index is 9.90. The lowest BCUT2D eigenvalue weighted by Crippen LogP contribution is -2.35. The second-order valence-corrected chi connectivity index (χ2v) is 7.62. The molecule has 4 heterocycles. The van der Waals surface area contributed by atoms with Gasteiger partial charge in [0.25, 0.3) is 0 Å². The van der Waals surface area contributed by atoms with Crippen LogP contribution < -0.4 is 4.74 Å². The molecule has 0 aliphatic carbocycles. The van der Waals surface area contributed by atoms with E-state index in [9.17, 15) is 10.2 Å². The third-order valence-corrected chi connectivity index (χ3v) is 5.58. The minimum absolute atomic E-state index is 0.221. The number of benzene rings is 1. The van der Waals surface area contributed by atoms with Gasteiger partial charge in [0.05, 0.1) is 29.3 Å². The second-order valence-electron chi connectivity index (χ2n) is 7.21. The predicted octanol–water partition coefficient (Wildman–Crippen LogP) is 1.95. The Morgan fingerprint density at radius 3 is 2.73 bits per heavy atom. The van der Waals surface area contributed by atoms with Gasteiger partial charge in [-0.3, -0.25) is 4.57 Å². The second kappa shape index (κ2) is 7.91. The highest BCUT2D eigenvalue weighted by Gasteiger charge is 2.48. The summed E-state index contributed by atoms with van der Waals surface area (Å²) in [6.07, 6.45) is -1.79. The topological polar surface area (TPSA) is 86.0 Å². The lowest BCUT2D eigenvalue weighted by molar-refractivity contribution is 0.00624. The zero-order chi connectivity index (χ0) is 20.7. The van der Waals surface area contributed by atoms with Gasteiger partial charge >= 0.3 is 0 Å². The van der Waals surface area contributed by atoms with Crippen LogP contribution in [-0.4, -0.2) is 57.4 Å². The van der Waals surface area contributed by atoms with Crippen LogP contribution in [0, 0.1) is 11.8 Å². The van der Waals surface area contributed by atoms with Gasteiger partial charge in [-0.25, -0.2) is 4.98 Å². The number of aliphatic hydroxyl groups is 2. The fourth-order valence-corrected chi connectivity index (χ4v) is 4.01. The molecule has 7 nitrogen and oxygen atoms in total. The van der Waals surface area contributed by atoms with Gasteiger partial charge in [-0.15, -0.1) is 0 Å². The maximum Gasteiger partial charge on any atom is 0.198 e. The minimum atomic E-state index is -0.654. The molecule has 0 radical (unpaired) electrons.